The van der Waals surface area contributed by atoms with E-state index in [2.05, 4.69) is 6.42 Å². The van der Waals surface area contributed by atoms with Crippen LogP contribution in [0.25, 0.3) is 0 Å². The Morgan fingerprint density at radius 1 is 1.40 bits per heavy atom. The maximum absolute atomic E-state index is 9.27. The molecule has 0 aromatic heterocycles. The fraction of sp³-hybridized carbons (Fsp3) is 0.222. The van der Waals surface area contributed by atoms with Crippen LogP contribution in [0, 0.1) is 6.42 Å². The summed E-state index contributed by atoms with van der Waals surface area (Å²) in [5.41, 5.74) is 2.22. The number of hydrogen-bond acceptors (Lipinski definition) is 1. The van der Waals surface area contributed by atoms with E-state index in [4.69, 9.17) is 0 Å². The summed E-state index contributed by atoms with van der Waals surface area (Å²) in [6, 6.07) is 7.90. The molecular formula is C9H8O. The van der Waals surface area contributed by atoms with Crippen molar-refractivity contribution in [3.05, 3.63) is 41.8 Å². The van der Waals surface area contributed by atoms with Crippen LogP contribution < -0.4 is 0 Å². The third-order valence-electron chi connectivity index (χ3n) is 1.84. The van der Waals surface area contributed by atoms with Crippen molar-refractivity contribution in [2.45, 2.75) is 12.5 Å². The monoisotopic (exact) mass is 132 g/mol. The van der Waals surface area contributed by atoms with Crippen LogP contribution in [0.1, 0.15) is 17.2 Å². The molecule has 0 aliphatic heterocycles. The Balaban J connectivity index is 2.51. The smallest absolute Gasteiger partial charge is 0.0865 e. The van der Waals surface area contributed by atoms with Crippen LogP contribution in [-0.2, 0) is 6.42 Å². The van der Waals surface area contributed by atoms with Gasteiger partial charge in [0.05, 0.1) is 6.10 Å². The van der Waals surface area contributed by atoms with Gasteiger partial charge in [0.15, 0.2) is 0 Å². The largest absolute Gasteiger partial charge is 0.388 e. The first kappa shape index (κ1) is 5.93. The van der Waals surface area contributed by atoms with E-state index in [1.54, 1.807) is 0 Å². The molecule has 1 atom stereocenters. The number of benzene rings is 1. The summed E-state index contributed by atoms with van der Waals surface area (Å²) in [7, 11) is 0. The summed E-state index contributed by atoms with van der Waals surface area (Å²) in [5.74, 6) is 0. The van der Waals surface area contributed by atoms with E-state index in [1.165, 1.54) is 5.56 Å². The molecule has 1 heteroatoms. The summed E-state index contributed by atoms with van der Waals surface area (Å²) in [6.07, 6.45) is 3.28. The highest BCUT2D eigenvalue weighted by Crippen LogP contribution is 2.29. The Bertz CT molecular complexity index is 242. The summed E-state index contributed by atoms with van der Waals surface area (Å²) in [6.45, 7) is 0. The second kappa shape index (κ2) is 2.10. The van der Waals surface area contributed by atoms with Gasteiger partial charge in [-0.05, 0) is 17.5 Å². The lowest BCUT2D eigenvalue weighted by Gasteiger charge is -2.00. The molecule has 1 nitrogen and oxygen atoms in total. The zero-order valence-electron chi connectivity index (χ0n) is 5.54. The van der Waals surface area contributed by atoms with Gasteiger partial charge in [0.25, 0.3) is 0 Å². The van der Waals surface area contributed by atoms with Crippen LogP contribution in [0.3, 0.4) is 0 Å². The first-order valence-electron chi connectivity index (χ1n) is 3.37. The molecule has 1 aromatic carbocycles. The SMILES string of the molecule is OC1[C]Cc2ccccc21. The Morgan fingerprint density at radius 2 is 2.20 bits per heavy atom. The van der Waals surface area contributed by atoms with Crippen molar-refractivity contribution < 1.29 is 5.11 Å². The van der Waals surface area contributed by atoms with E-state index in [0.29, 0.717) is 0 Å². The van der Waals surface area contributed by atoms with Gasteiger partial charge in [-0.3, -0.25) is 0 Å². The molecule has 0 heterocycles. The quantitative estimate of drug-likeness (QED) is 0.565. The normalized spacial score (nSPS) is 22.7. The topological polar surface area (TPSA) is 20.2 Å². The van der Waals surface area contributed by atoms with E-state index in [9.17, 15) is 5.11 Å². The van der Waals surface area contributed by atoms with Gasteiger partial charge >= 0.3 is 0 Å². The molecule has 2 rings (SSSR count). The minimum atomic E-state index is -0.448. The first-order chi connectivity index (χ1) is 4.88. The van der Waals surface area contributed by atoms with Gasteiger partial charge in [0, 0.05) is 6.42 Å². The van der Waals surface area contributed by atoms with Crippen LogP contribution in [0.15, 0.2) is 24.3 Å². The molecule has 0 fully saturated rings. The number of hydrogen-bond donors (Lipinski definition) is 1. The lowest BCUT2D eigenvalue weighted by Crippen LogP contribution is -1.88. The fourth-order valence-electron chi connectivity index (χ4n) is 1.28. The van der Waals surface area contributed by atoms with Crippen molar-refractivity contribution in [1.82, 2.24) is 0 Å². The van der Waals surface area contributed by atoms with Gasteiger partial charge < -0.3 is 5.11 Å². The van der Waals surface area contributed by atoms with E-state index in [0.717, 1.165) is 12.0 Å². The van der Waals surface area contributed by atoms with E-state index >= 15 is 0 Å². The lowest BCUT2D eigenvalue weighted by atomic mass is 10.1. The molecule has 1 unspecified atom stereocenters. The highest BCUT2D eigenvalue weighted by atomic mass is 16.3. The van der Waals surface area contributed by atoms with Gasteiger partial charge in [0.1, 0.15) is 0 Å². The molecule has 0 saturated carbocycles. The summed E-state index contributed by atoms with van der Waals surface area (Å²) in [5, 5.41) is 9.27. The Morgan fingerprint density at radius 3 is 3.00 bits per heavy atom. The summed E-state index contributed by atoms with van der Waals surface area (Å²) < 4.78 is 0. The number of fused-ring (bicyclic) bond motifs is 1. The van der Waals surface area contributed by atoms with E-state index in [-0.39, 0.29) is 0 Å². The van der Waals surface area contributed by atoms with Gasteiger partial charge in [-0.15, -0.1) is 0 Å². The third kappa shape index (κ3) is 0.745. The summed E-state index contributed by atoms with van der Waals surface area (Å²) in [4.78, 5) is 0. The Kier molecular flexibility index (Phi) is 1.24. The van der Waals surface area contributed by atoms with Crippen LogP contribution in [0.5, 0.6) is 0 Å². The fourth-order valence-corrected chi connectivity index (χ4v) is 1.28. The van der Waals surface area contributed by atoms with Crippen LogP contribution >= 0.6 is 0 Å². The van der Waals surface area contributed by atoms with Crippen molar-refractivity contribution >= 4 is 0 Å². The second-order valence-corrected chi connectivity index (χ2v) is 2.48. The molecule has 10 heavy (non-hydrogen) atoms. The molecular weight excluding hydrogens is 124 g/mol. The molecule has 0 saturated heterocycles. The molecule has 0 bridgehead atoms. The number of aliphatic hydroxyl groups is 1. The highest BCUT2D eigenvalue weighted by molar-refractivity contribution is 5.36. The van der Waals surface area contributed by atoms with Crippen LogP contribution in [-0.4, -0.2) is 5.11 Å². The zero-order valence-corrected chi connectivity index (χ0v) is 5.54. The van der Waals surface area contributed by atoms with Crippen LogP contribution in [0.4, 0.5) is 0 Å². The first-order valence-corrected chi connectivity index (χ1v) is 3.37. The molecule has 0 spiro atoms. The average molecular weight is 132 g/mol. The molecule has 1 aliphatic carbocycles. The van der Waals surface area contributed by atoms with Gasteiger partial charge in [-0.1, -0.05) is 24.3 Å². The molecule has 1 aliphatic rings. The summed E-state index contributed by atoms with van der Waals surface area (Å²) >= 11 is 0. The average Bonchev–Trinajstić information content (AvgIpc) is 2.34. The molecule has 50 valence electrons. The minimum Gasteiger partial charge on any atom is -0.388 e. The standard InChI is InChI=1S/C9H8O/c10-9-6-5-7-3-1-2-4-8(7)9/h1-4,9-10H,5H2. The highest BCUT2D eigenvalue weighted by Gasteiger charge is 2.19. The molecule has 2 radical (unpaired) electrons. The van der Waals surface area contributed by atoms with E-state index < -0.39 is 6.10 Å². The van der Waals surface area contributed by atoms with Crippen molar-refractivity contribution in [2.75, 3.05) is 0 Å². The Hall–Kier alpha value is -0.820. The van der Waals surface area contributed by atoms with Crippen molar-refractivity contribution in [1.29, 1.82) is 0 Å². The van der Waals surface area contributed by atoms with Gasteiger partial charge in [-0.2, -0.15) is 0 Å². The predicted molar refractivity (Wildman–Crippen MR) is 38.3 cm³/mol. The van der Waals surface area contributed by atoms with Gasteiger partial charge in [-0.25, -0.2) is 0 Å². The van der Waals surface area contributed by atoms with E-state index in [1.807, 2.05) is 24.3 Å². The third-order valence-corrected chi connectivity index (χ3v) is 1.84. The number of rotatable bonds is 0. The lowest BCUT2D eigenvalue weighted by molar-refractivity contribution is 0.217. The zero-order chi connectivity index (χ0) is 6.97. The van der Waals surface area contributed by atoms with Crippen molar-refractivity contribution in [3.63, 3.8) is 0 Å². The molecule has 1 aromatic rings. The minimum absolute atomic E-state index is 0.448. The maximum atomic E-state index is 9.27. The van der Waals surface area contributed by atoms with Crippen molar-refractivity contribution in [2.24, 2.45) is 0 Å². The van der Waals surface area contributed by atoms with Gasteiger partial charge in [0.2, 0.25) is 0 Å². The van der Waals surface area contributed by atoms with Crippen LogP contribution in [0.2, 0.25) is 0 Å². The molecule has 0 amide bonds. The second-order valence-electron chi connectivity index (χ2n) is 2.48. The molecule has 1 N–H and O–H groups in total. The van der Waals surface area contributed by atoms with Crippen molar-refractivity contribution in [3.8, 4) is 0 Å². The Labute approximate surface area is 60.3 Å². The number of aliphatic hydroxyl groups excluding tert-OH is 1. The maximum Gasteiger partial charge on any atom is 0.0865 e. The predicted octanol–water partition coefficient (Wildman–Crippen LogP) is 1.36.